The summed E-state index contributed by atoms with van der Waals surface area (Å²) in [5.74, 6) is 0.150. The van der Waals surface area contributed by atoms with Gasteiger partial charge >= 0.3 is 0 Å². The van der Waals surface area contributed by atoms with E-state index in [4.69, 9.17) is 0 Å². The number of hydrogen-bond donors (Lipinski definition) is 0. The topological polar surface area (TPSA) is 20.3 Å². The zero-order valence-electron chi connectivity index (χ0n) is 7.00. The Balaban J connectivity index is 2.72. The maximum atomic E-state index is 11.4. The van der Waals surface area contributed by atoms with Crippen LogP contribution in [0.1, 0.15) is 13.8 Å². The van der Waals surface area contributed by atoms with Gasteiger partial charge in [-0.2, -0.15) is 0 Å². The Hall–Kier alpha value is -1.05. The maximum absolute atomic E-state index is 11.4. The fraction of sp³-hybridized carbons (Fsp3) is 0.444. The quantitative estimate of drug-likeness (QED) is 0.548. The van der Waals surface area contributed by atoms with Crippen LogP contribution in [-0.2, 0) is 4.79 Å². The molecule has 0 fully saturated rings. The number of rotatable bonds is 2. The van der Waals surface area contributed by atoms with E-state index >= 15 is 0 Å². The first-order valence-corrected chi connectivity index (χ1v) is 3.69. The molecule has 1 aliphatic heterocycles. The van der Waals surface area contributed by atoms with Gasteiger partial charge in [0.1, 0.15) is 0 Å². The van der Waals surface area contributed by atoms with Gasteiger partial charge in [-0.05, 0) is 13.8 Å². The van der Waals surface area contributed by atoms with Crippen LogP contribution in [0.5, 0.6) is 0 Å². The Bertz CT molecular complexity index is 216. The number of carbonyl (C=O) groups is 1. The summed E-state index contributed by atoms with van der Waals surface area (Å²) in [5, 5.41) is 0. The number of amides is 1. The lowest BCUT2D eigenvalue weighted by Gasteiger charge is -2.17. The van der Waals surface area contributed by atoms with Gasteiger partial charge in [0, 0.05) is 12.7 Å². The second kappa shape index (κ2) is 2.53. The molecule has 1 amide bonds. The highest BCUT2D eigenvalue weighted by molar-refractivity contribution is 5.87. The highest BCUT2D eigenvalue weighted by Crippen LogP contribution is 2.26. The molecule has 2 heteroatoms. The standard InChI is InChI=1S/C9H13NO/c1-4-6-10-7-5-9(2,3)8(10)11/h4-5,7H,1,6H2,2-3H3. The number of hydrogen-bond acceptors (Lipinski definition) is 1. The van der Waals surface area contributed by atoms with Crippen LogP contribution in [0.25, 0.3) is 0 Å². The Labute approximate surface area is 67.2 Å². The summed E-state index contributed by atoms with van der Waals surface area (Å²) in [7, 11) is 0. The van der Waals surface area contributed by atoms with Crippen molar-refractivity contribution < 1.29 is 4.79 Å². The highest BCUT2D eigenvalue weighted by Gasteiger charge is 2.32. The van der Waals surface area contributed by atoms with E-state index in [0.717, 1.165) is 0 Å². The van der Waals surface area contributed by atoms with Gasteiger partial charge in [-0.15, -0.1) is 6.58 Å². The minimum Gasteiger partial charge on any atom is -0.315 e. The van der Waals surface area contributed by atoms with Gasteiger partial charge < -0.3 is 4.90 Å². The van der Waals surface area contributed by atoms with Crippen LogP contribution in [0.15, 0.2) is 24.9 Å². The number of nitrogens with zero attached hydrogens (tertiary/aromatic N) is 1. The van der Waals surface area contributed by atoms with Crippen molar-refractivity contribution in [1.29, 1.82) is 0 Å². The first-order chi connectivity index (χ1) is 5.08. The van der Waals surface area contributed by atoms with E-state index in [2.05, 4.69) is 6.58 Å². The fourth-order valence-corrected chi connectivity index (χ4v) is 1.07. The highest BCUT2D eigenvalue weighted by atomic mass is 16.2. The summed E-state index contributed by atoms with van der Waals surface area (Å²) in [6.07, 6.45) is 5.46. The molecule has 1 heterocycles. The first kappa shape index (κ1) is 8.05. The molecule has 0 spiro atoms. The van der Waals surface area contributed by atoms with Crippen LogP contribution in [0.4, 0.5) is 0 Å². The van der Waals surface area contributed by atoms with E-state index in [1.54, 1.807) is 11.0 Å². The zero-order chi connectivity index (χ0) is 8.48. The molecular formula is C9H13NO. The molecule has 0 radical (unpaired) electrons. The van der Waals surface area contributed by atoms with Crippen molar-refractivity contribution in [2.45, 2.75) is 13.8 Å². The van der Waals surface area contributed by atoms with Crippen molar-refractivity contribution in [3.05, 3.63) is 24.9 Å². The van der Waals surface area contributed by atoms with Crippen LogP contribution in [-0.4, -0.2) is 17.4 Å². The smallest absolute Gasteiger partial charge is 0.236 e. The van der Waals surface area contributed by atoms with Gasteiger partial charge in [-0.1, -0.05) is 12.2 Å². The average molecular weight is 151 g/mol. The van der Waals surface area contributed by atoms with Crippen molar-refractivity contribution in [2.24, 2.45) is 5.41 Å². The van der Waals surface area contributed by atoms with Gasteiger partial charge in [0.05, 0.1) is 5.41 Å². The second-order valence-electron chi connectivity index (χ2n) is 3.28. The fourth-order valence-electron chi connectivity index (χ4n) is 1.07. The van der Waals surface area contributed by atoms with Crippen molar-refractivity contribution in [3.8, 4) is 0 Å². The van der Waals surface area contributed by atoms with Crippen LogP contribution in [0, 0.1) is 5.41 Å². The third-order valence-corrected chi connectivity index (χ3v) is 1.81. The maximum Gasteiger partial charge on any atom is 0.236 e. The predicted molar refractivity (Wildman–Crippen MR) is 44.8 cm³/mol. The van der Waals surface area contributed by atoms with Crippen molar-refractivity contribution in [1.82, 2.24) is 4.90 Å². The Morgan fingerprint density at radius 2 is 2.36 bits per heavy atom. The van der Waals surface area contributed by atoms with Crippen LogP contribution in [0.2, 0.25) is 0 Å². The summed E-state index contributed by atoms with van der Waals surface area (Å²) in [4.78, 5) is 13.1. The van der Waals surface area contributed by atoms with Crippen molar-refractivity contribution in [3.63, 3.8) is 0 Å². The van der Waals surface area contributed by atoms with Gasteiger partial charge in [0.2, 0.25) is 5.91 Å². The molecule has 0 aromatic heterocycles. The molecule has 2 nitrogen and oxygen atoms in total. The van der Waals surface area contributed by atoms with Gasteiger partial charge in [-0.25, -0.2) is 0 Å². The summed E-state index contributed by atoms with van der Waals surface area (Å²) in [6.45, 7) is 8.01. The van der Waals surface area contributed by atoms with E-state index in [9.17, 15) is 4.79 Å². The molecule has 60 valence electrons. The second-order valence-corrected chi connectivity index (χ2v) is 3.28. The molecular weight excluding hydrogens is 138 g/mol. The summed E-state index contributed by atoms with van der Waals surface area (Å²) in [6, 6.07) is 0. The minimum absolute atomic E-state index is 0.150. The molecule has 0 atom stereocenters. The van der Waals surface area contributed by atoms with Gasteiger partial charge in [-0.3, -0.25) is 4.79 Å². The molecule has 0 N–H and O–H groups in total. The van der Waals surface area contributed by atoms with Gasteiger partial charge in [0.15, 0.2) is 0 Å². The predicted octanol–water partition coefficient (Wildman–Crippen LogP) is 1.55. The Kier molecular flexibility index (Phi) is 1.85. The molecule has 0 unspecified atom stereocenters. The Morgan fingerprint density at radius 3 is 2.73 bits per heavy atom. The molecule has 1 aliphatic rings. The lowest BCUT2D eigenvalue weighted by Crippen LogP contribution is -2.30. The third kappa shape index (κ3) is 1.34. The molecule has 0 saturated heterocycles. The summed E-state index contributed by atoms with van der Waals surface area (Å²) in [5.41, 5.74) is -0.316. The largest absolute Gasteiger partial charge is 0.315 e. The van der Waals surface area contributed by atoms with E-state index in [0.29, 0.717) is 6.54 Å². The summed E-state index contributed by atoms with van der Waals surface area (Å²) < 4.78 is 0. The van der Waals surface area contributed by atoms with E-state index in [-0.39, 0.29) is 11.3 Å². The lowest BCUT2D eigenvalue weighted by atomic mass is 9.95. The van der Waals surface area contributed by atoms with Crippen molar-refractivity contribution >= 4 is 5.91 Å². The van der Waals surface area contributed by atoms with Crippen molar-refractivity contribution in [2.75, 3.05) is 6.54 Å². The molecule has 0 aromatic rings. The lowest BCUT2D eigenvalue weighted by molar-refractivity contribution is -0.132. The van der Waals surface area contributed by atoms with E-state index < -0.39 is 0 Å². The molecule has 0 aliphatic carbocycles. The molecule has 0 bridgehead atoms. The van der Waals surface area contributed by atoms with Crippen LogP contribution in [0.3, 0.4) is 0 Å². The van der Waals surface area contributed by atoms with Crippen LogP contribution >= 0.6 is 0 Å². The van der Waals surface area contributed by atoms with E-state index in [1.165, 1.54) is 0 Å². The van der Waals surface area contributed by atoms with Gasteiger partial charge in [0.25, 0.3) is 0 Å². The zero-order valence-corrected chi connectivity index (χ0v) is 7.00. The first-order valence-electron chi connectivity index (χ1n) is 3.69. The molecule has 0 aromatic carbocycles. The molecule has 11 heavy (non-hydrogen) atoms. The Morgan fingerprint density at radius 1 is 1.73 bits per heavy atom. The average Bonchev–Trinajstić information content (AvgIpc) is 2.17. The van der Waals surface area contributed by atoms with Crippen LogP contribution < -0.4 is 0 Å². The third-order valence-electron chi connectivity index (χ3n) is 1.81. The number of carbonyl (C=O) groups excluding carboxylic acids is 1. The molecule has 1 rings (SSSR count). The normalized spacial score (nSPS) is 20.9. The SMILES string of the molecule is C=CCN1C=CC(C)(C)C1=O. The summed E-state index contributed by atoms with van der Waals surface area (Å²) >= 11 is 0. The monoisotopic (exact) mass is 151 g/mol. The molecule has 0 saturated carbocycles. The minimum atomic E-state index is -0.316. The van der Waals surface area contributed by atoms with E-state index in [1.807, 2.05) is 26.1 Å².